The maximum absolute atomic E-state index is 9.08. The lowest BCUT2D eigenvalue weighted by Crippen LogP contribution is -2.31. The van der Waals surface area contributed by atoms with E-state index in [1.807, 2.05) is 0 Å². The van der Waals surface area contributed by atoms with Crippen molar-refractivity contribution < 1.29 is 5.11 Å². The summed E-state index contributed by atoms with van der Waals surface area (Å²) in [4.78, 5) is 0. The van der Waals surface area contributed by atoms with E-state index in [2.05, 4.69) is 11.8 Å². The molecule has 0 spiro atoms. The molecular weight excluding hydrogens is 156 g/mol. The monoisotopic (exact) mass is 172 g/mol. The molecule has 2 aliphatic rings. The van der Waals surface area contributed by atoms with Crippen molar-refractivity contribution in [1.82, 2.24) is 0 Å². The van der Waals surface area contributed by atoms with Crippen LogP contribution < -0.4 is 0 Å². The number of aliphatic hydroxyl groups excluding tert-OH is 1. The quantitative estimate of drug-likeness (QED) is 0.689. The van der Waals surface area contributed by atoms with Crippen LogP contribution in [0.2, 0.25) is 0 Å². The van der Waals surface area contributed by atoms with Crippen LogP contribution in [0.1, 0.15) is 38.5 Å². The fourth-order valence-corrected chi connectivity index (χ4v) is 3.76. The number of rotatable bonds is 2. The maximum Gasteiger partial charge on any atom is 0.0561 e. The van der Waals surface area contributed by atoms with E-state index in [1.165, 1.54) is 25.7 Å². The topological polar surface area (TPSA) is 20.2 Å². The molecule has 0 heterocycles. The average Bonchev–Trinajstić information content (AvgIpc) is 2.36. The first-order chi connectivity index (χ1) is 5.34. The Hall–Kier alpha value is 0.310. The van der Waals surface area contributed by atoms with E-state index >= 15 is 0 Å². The summed E-state index contributed by atoms with van der Waals surface area (Å²) in [6.45, 7) is 0. The molecule has 2 saturated carbocycles. The smallest absolute Gasteiger partial charge is 0.0561 e. The Bertz CT molecular complexity index is 126. The molecule has 2 fully saturated rings. The van der Waals surface area contributed by atoms with Gasteiger partial charge in [0, 0.05) is 10.5 Å². The zero-order chi connectivity index (χ0) is 7.68. The Morgan fingerprint density at radius 1 is 1.00 bits per heavy atom. The minimum Gasteiger partial charge on any atom is -0.393 e. The molecule has 2 aliphatic carbocycles. The average molecular weight is 172 g/mol. The summed E-state index contributed by atoms with van der Waals surface area (Å²) in [5.41, 5.74) is 0. The second-order valence-corrected chi connectivity index (χ2v) is 5.40. The van der Waals surface area contributed by atoms with Gasteiger partial charge in [0.05, 0.1) is 6.10 Å². The van der Waals surface area contributed by atoms with Crippen molar-refractivity contribution in [1.29, 1.82) is 0 Å². The van der Waals surface area contributed by atoms with Gasteiger partial charge in [0.2, 0.25) is 0 Å². The Balaban J connectivity index is 1.66. The SMILES string of the molecule is OC1CC(SC2CCCC2)C1. The molecule has 0 unspecified atom stereocenters. The van der Waals surface area contributed by atoms with Crippen LogP contribution in [0, 0.1) is 0 Å². The van der Waals surface area contributed by atoms with Gasteiger partial charge >= 0.3 is 0 Å². The third-order valence-electron chi connectivity index (χ3n) is 2.76. The lowest BCUT2D eigenvalue weighted by molar-refractivity contribution is 0.101. The van der Waals surface area contributed by atoms with Crippen molar-refractivity contribution in [3.63, 3.8) is 0 Å². The molecule has 0 aromatic carbocycles. The highest BCUT2D eigenvalue weighted by Crippen LogP contribution is 2.39. The Labute approximate surface area is 72.6 Å². The number of hydrogen-bond acceptors (Lipinski definition) is 2. The Morgan fingerprint density at radius 3 is 2.18 bits per heavy atom. The van der Waals surface area contributed by atoms with Crippen LogP contribution >= 0.6 is 11.8 Å². The van der Waals surface area contributed by atoms with Gasteiger partial charge in [-0.25, -0.2) is 0 Å². The van der Waals surface area contributed by atoms with Crippen molar-refractivity contribution >= 4 is 11.8 Å². The van der Waals surface area contributed by atoms with Crippen molar-refractivity contribution in [2.45, 2.75) is 55.1 Å². The molecule has 0 bridgehead atoms. The first kappa shape index (κ1) is 7.93. The van der Waals surface area contributed by atoms with Crippen molar-refractivity contribution in [3.8, 4) is 0 Å². The van der Waals surface area contributed by atoms with Gasteiger partial charge in [-0.1, -0.05) is 12.8 Å². The van der Waals surface area contributed by atoms with Crippen LogP contribution in [-0.2, 0) is 0 Å². The largest absolute Gasteiger partial charge is 0.393 e. The predicted octanol–water partition coefficient (Wildman–Crippen LogP) is 2.19. The summed E-state index contributed by atoms with van der Waals surface area (Å²) in [5, 5.41) is 10.8. The van der Waals surface area contributed by atoms with Gasteiger partial charge in [0.1, 0.15) is 0 Å². The van der Waals surface area contributed by atoms with Gasteiger partial charge in [-0.3, -0.25) is 0 Å². The zero-order valence-corrected chi connectivity index (χ0v) is 7.65. The molecule has 11 heavy (non-hydrogen) atoms. The lowest BCUT2D eigenvalue weighted by Gasteiger charge is -2.32. The van der Waals surface area contributed by atoms with E-state index < -0.39 is 0 Å². The molecule has 0 amide bonds. The first-order valence-corrected chi connectivity index (χ1v) is 5.62. The van der Waals surface area contributed by atoms with Crippen molar-refractivity contribution in [3.05, 3.63) is 0 Å². The minimum atomic E-state index is 0.0360. The maximum atomic E-state index is 9.08. The molecule has 0 aromatic rings. The highest BCUT2D eigenvalue weighted by atomic mass is 32.2. The summed E-state index contributed by atoms with van der Waals surface area (Å²) in [6.07, 6.45) is 7.88. The van der Waals surface area contributed by atoms with Crippen LogP contribution in [0.25, 0.3) is 0 Å². The van der Waals surface area contributed by atoms with Crippen LogP contribution in [-0.4, -0.2) is 21.7 Å². The molecule has 0 aliphatic heterocycles. The van der Waals surface area contributed by atoms with E-state index in [0.29, 0.717) is 0 Å². The molecule has 0 radical (unpaired) electrons. The lowest BCUT2D eigenvalue weighted by atomic mass is 9.96. The summed E-state index contributed by atoms with van der Waals surface area (Å²) in [6, 6.07) is 0. The number of thioether (sulfide) groups is 1. The fraction of sp³-hybridized carbons (Fsp3) is 1.00. The fourth-order valence-electron chi connectivity index (χ4n) is 1.95. The summed E-state index contributed by atoms with van der Waals surface area (Å²) < 4.78 is 0. The Morgan fingerprint density at radius 2 is 1.64 bits per heavy atom. The molecule has 0 saturated heterocycles. The van der Waals surface area contributed by atoms with Crippen LogP contribution in [0.4, 0.5) is 0 Å². The van der Waals surface area contributed by atoms with Gasteiger partial charge in [-0.15, -0.1) is 0 Å². The summed E-state index contributed by atoms with van der Waals surface area (Å²) in [7, 11) is 0. The minimum absolute atomic E-state index is 0.0360. The van der Waals surface area contributed by atoms with Gasteiger partial charge in [-0.2, -0.15) is 11.8 Å². The predicted molar refractivity (Wildman–Crippen MR) is 48.9 cm³/mol. The molecule has 2 rings (SSSR count). The van der Waals surface area contributed by atoms with Gasteiger partial charge in [0.15, 0.2) is 0 Å². The van der Waals surface area contributed by atoms with E-state index in [9.17, 15) is 0 Å². The molecular formula is C9H16OS. The van der Waals surface area contributed by atoms with E-state index in [4.69, 9.17) is 5.11 Å². The first-order valence-electron chi connectivity index (χ1n) is 4.68. The standard InChI is InChI=1S/C9H16OS/c10-7-5-9(6-7)11-8-3-1-2-4-8/h7-10H,1-6H2. The van der Waals surface area contributed by atoms with Gasteiger partial charge in [-0.05, 0) is 25.7 Å². The van der Waals surface area contributed by atoms with Gasteiger partial charge in [0.25, 0.3) is 0 Å². The zero-order valence-electron chi connectivity index (χ0n) is 6.83. The highest BCUT2D eigenvalue weighted by molar-refractivity contribution is 8.00. The third-order valence-corrected chi connectivity index (χ3v) is 4.38. The van der Waals surface area contributed by atoms with Crippen molar-refractivity contribution in [2.75, 3.05) is 0 Å². The van der Waals surface area contributed by atoms with Crippen LogP contribution in [0.15, 0.2) is 0 Å². The molecule has 64 valence electrons. The molecule has 1 N–H and O–H groups in total. The van der Waals surface area contributed by atoms with E-state index in [-0.39, 0.29) is 6.10 Å². The number of aliphatic hydroxyl groups is 1. The molecule has 2 heteroatoms. The van der Waals surface area contributed by atoms with E-state index in [1.54, 1.807) is 0 Å². The molecule has 0 aromatic heterocycles. The normalized spacial score (nSPS) is 39.0. The van der Waals surface area contributed by atoms with Crippen molar-refractivity contribution in [2.24, 2.45) is 0 Å². The molecule has 1 nitrogen and oxygen atoms in total. The summed E-state index contributed by atoms with van der Waals surface area (Å²) >= 11 is 2.14. The number of hydrogen-bond donors (Lipinski definition) is 1. The van der Waals surface area contributed by atoms with Crippen LogP contribution in [0.5, 0.6) is 0 Å². The Kier molecular flexibility index (Phi) is 2.42. The van der Waals surface area contributed by atoms with Gasteiger partial charge < -0.3 is 5.11 Å². The van der Waals surface area contributed by atoms with E-state index in [0.717, 1.165) is 23.3 Å². The summed E-state index contributed by atoms with van der Waals surface area (Å²) in [5.74, 6) is 0. The third kappa shape index (κ3) is 1.91. The second kappa shape index (κ2) is 3.36. The molecule has 0 atom stereocenters. The van der Waals surface area contributed by atoms with Crippen LogP contribution in [0.3, 0.4) is 0 Å². The highest BCUT2D eigenvalue weighted by Gasteiger charge is 2.30. The second-order valence-electron chi connectivity index (χ2n) is 3.79.